The van der Waals surface area contributed by atoms with Crippen molar-refractivity contribution in [1.29, 1.82) is 0 Å². The third kappa shape index (κ3) is 1.89. The first-order valence-electron chi connectivity index (χ1n) is 6.88. The van der Waals surface area contributed by atoms with Crippen molar-refractivity contribution in [1.82, 2.24) is 24.7 Å². The summed E-state index contributed by atoms with van der Waals surface area (Å²) in [7, 11) is 1.80. The van der Waals surface area contributed by atoms with Gasteiger partial charge in [-0.2, -0.15) is 5.10 Å². The number of amides is 1. The van der Waals surface area contributed by atoms with Crippen LogP contribution in [0.5, 0.6) is 0 Å². The molecule has 0 fully saturated rings. The molecule has 7 heteroatoms. The number of aromatic amines is 1. The number of H-pyrrole nitrogens is 1. The van der Waals surface area contributed by atoms with E-state index in [1.807, 2.05) is 0 Å². The topological polar surface area (TPSA) is 88.5 Å². The molecule has 0 saturated heterocycles. The van der Waals surface area contributed by atoms with Crippen LogP contribution < -0.4 is 5.32 Å². The Morgan fingerprint density at radius 2 is 2.33 bits per heavy atom. The van der Waals surface area contributed by atoms with Gasteiger partial charge < -0.3 is 4.98 Å². The summed E-state index contributed by atoms with van der Waals surface area (Å²) in [6, 6.07) is 1.79. The molecule has 3 heterocycles. The van der Waals surface area contributed by atoms with Gasteiger partial charge >= 0.3 is 0 Å². The number of anilines is 1. The first-order valence-corrected chi connectivity index (χ1v) is 6.88. The molecule has 1 aliphatic carbocycles. The van der Waals surface area contributed by atoms with Crippen molar-refractivity contribution in [2.75, 3.05) is 5.32 Å². The number of carbonyl (C=O) groups is 1. The lowest BCUT2D eigenvalue weighted by Crippen LogP contribution is -2.18. The fraction of sp³-hybridized carbons (Fsp3) is 0.286. The zero-order valence-corrected chi connectivity index (χ0v) is 11.6. The van der Waals surface area contributed by atoms with Crippen LogP contribution in [-0.2, 0) is 19.9 Å². The maximum Gasteiger partial charge on any atom is 0.276 e. The number of hydrogen-bond donors (Lipinski definition) is 2. The van der Waals surface area contributed by atoms with Crippen molar-refractivity contribution in [2.24, 2.45) is 7.05 Å². The van der Waals surface area contributed by atoms with E-state index in [9.17, 15) is 4.79 Å². The highest BCUT2D eigenvalue weighted by molar-refractivity contribution is 6.04. The Bertz CT molecular complexity index is 813. The number of aryl methyl sites for hydroxylation is 2. The third-order valence-electron chi connectivity index (χ3n) is 3.80. The molecular formula is C14H14N6O. The average molecular weight is 282 g/mol. The summed E-state index contributed by atoms with van der Waals surface area (Å²) >= 11 is 0. The van der Waals surface area contributed by atoms with Gasteiger partial charge in [0, 0.05) is 18.8 Å². The van der Waals surface area contributed by atoms with Crippen LogP contribution in [0, 0.1) is 0 Å². The van der Waals surface area contributed by atoms with E-state index in [1.54, 1.807) is 30.2 Å². The van der Waals surface area contributed by atoms with E-state index >= 15 is 0 Å². The number of nitrogens with one attached hydrogen (secondary N) is 2. The zero-order valence-electron chi connectivity index (χ0n) is 11.6. The molecule has 7 nitrogen and oxygen atoms in total. The van der Waals surface area contributed by atoms with E-state index in [0.717, 1.165) is 41.6 Å². The molecule has 3 aromatic rings. The van der Waals surface area contributed by atoms with E-state index in [-0.39, 0.29) is 5.91 Å². The SMILES string of the molecule is Cn1nc2c(c1C(=O)Nc1nc3ccncc3[nH]1)CCC2. The van der Waals surface area contributed by atoms with Crippen LogP contribution in [0.1, 0.15) is 28.2 Å². The molecule has 3 aromatic heterocycles. The number of fused-ring (bicyclic) bond motifs is 2. The Morgan fingerprint density at radius 3 is 3.19 bits per heavy atom. The Labute approximate surface area is 120 Å². The molecule has 0 atom stereocenters. The highest BCUT2D eigenvalue weighted by Gasteiger charge is 2.25. The lowest BCUT2D eigenvalue weighted by molar-refractivity contribution is 0.101. The molecule has 0 aromatic carbocycles. The van der Waals surface area contributed by atoms with E-state index in [4.69, 9.17) is 0 Å². The maximum absolute atomic E-state index is 12.5. The van der Waals surface area contributed by atoms with Gasteiger partial charge in [0.05, 0.1) is 22.9 Å². The molecule has 0 spiro atoms. The Balaban J connectivity index is 1.66. The summed E-state index contributed by atoms with van der Waals surface area (Å²) in [5.74, 6) is 0.246. The Hall–Kier alpha value is -2.70. The van der Waals surface area contributed by atoms with Crippen LogP contribution in [0.2, 0.25) is 0 Å². The van der Waals surface area contributed by atoms with Gasteiger partial charge in [0.25, 0.3) is 5.91 Å². The maximum atomic E-state index is 12.5. The standard InChI is InChI=1S/C14H14N6O/c1-20-12(8-3-2-4-9(8)19-20)13(21)18-14-16-10-5-6-15-7-11(10)17-14/h5-7H,2-4H2,1H3,(H2,16,17,18,21). The van der Waals surface area contributed by atoms with E-state index in [0.29, 0.717) is 11.6 Å². The smallest absolute Gasteiger partial charge is 0.276 e. The summed E-state index contributed by atoms with van der Waals surface area (Å²) in [5, 5.41) is 7.22. The molecule has 1 amide bonds. The number of imidazole rings is 1. The molecule has 4 rings (SSSR count). The average Bonchev–Trinajstić information content (AvgIpc) is 3.10. The predicted molar refractivity (Wildman–Crippen MR) is 77.1 cm³/mol. The summed E-state index contributed by atoms with van der Waals surface area (Å²) in [4.78, 5) is 23.9. The number of hydrogen-bond acceptors (Lipinski definition) is 4. The monoisotopic (exact) mass is 282 g/mol. The number of nitrogens with zero attached hydrogens (tertiary/aromatic N) is 4. The van der Waals surface area contributed by atoms with Crippen molar-refractivity contribution >= 4 is 22.9 Å². The molecule has 0 saturated carbocycles. The Kier molecular flexibility index (Phi) is 2.53. The van der Waals surface area contributed by atoms with Crippen LogP contribution in [-0.4, -0.2) is 30.6 Å². The highest BCUT2D eigenvalue weighted by atomic mass is 16.2. The van der Waals surface area contributed by atoms with E-state index in [2.05, 4.69) is 25.4 Å². The second-order valence-corrected chi connectivity index (χ2v) is 5.18. The molecule has 0 aliphatic heterocycles. The first kappa shape index (κ1) is 12.1. The van der Waals surface area contributed by atoms with Crippen molar-refractivity contribution in [3.8, 4) is 0 Å². The predicted octanol–water partition coefficient (Wildman–Crippen LogP) is 1.43. The van der Waals surface area contributed by atoms with Crippen molar-refractivity contribution < 1.29 is 4.79 Å². The molecule has 106 valence electrons. The Morgan fingerprint density at radius 1 is 1.43 bits per heavy atom. The molecule has 0 radical (unpaired) electrons. The lowest BCUT2D eigenvalue weighted by atomic mass is 10.2. The lowest BCUT2D eigenvalue weighted by Gasteiger charge is -2.04. The highest BCUT2D eigenvalue weighted by Crippen LogP contribution is 2.25. The van der Waals surface area contributed by atoms with Crippen LogP contribution in [0.25, 0.3) is 11.0 Å². The molecular weight excluding hydrogens is 268 g/mol. The molecule has 0 unspecified atom stereocenters. The van der Waals surface area contributed by atoms with Crippen molar-refractivity contribution in [2.45, 2.75) is 19.3 Å². The fourth-order valence-electron chi connectivity index (χ4n) is 2.89. The zero-order chi connectivity index (χ0) is 14.4. The number of rotatable bonds is 2. The minimum absolute atomic E-state index is 0.180. The third-order valence-corrected chi connectivity index (χ3v) is 3.80. The van der Waals surface area contributed by atoms with Crippen LogP contribution >= 0.6 is 0 Å². The number of aromatic nitrogens is 5. The van der Waals surface area contributed by atoms with Crippen LogP contribution in [0.4, 0.5) is 5.95 Å². The van der Waals surface area contributed by atoms with Gasteiger partial charge in [-0.3, -0.25) is 19.8 Å². The van der Waals surface area contributed by atoms with Gasteiger partial charge in [-0.15, -0.1) is 0 Å². The molecule has 2 N–H and O–H groups in total. The van der Waals surface area contributed by atoms with Gasteiger partial charge in [-0.25, -0.2) is 4.98 Å². The second kappa shape index (κ2) is 4.41. The van der Waals surface area contributed by atoms with Crippen LogP contribution in [0.3, 0.4) is 0 Å². The van der Waals surface area contributed by atoms with E-state index in [1.165, 1.54) is 0 Å². The summed E-state index contributed by atoms with van der Waals surface area (Å²) in [5.41, 5.74) is 4.30. The van der Waals surface area contributed by atoms with Gasteiger partial charge in [0.1, 0.15) is 5.69 Å². The fourth-order valence-corrected chi connectivity index (χ4v) is 2.89. The summed E-state index contributed by atoms with van der Waals surface area (Å²) < 4.78 is 1.66. The largest absolute Gasteiger partial charge is 0.323 e. The quantitative estimate of drug-likeness (QED) is 0.744. The van der Waals surface area contributed by atoms with Crippen LogP contribution in [0.15, 0.2) is 18.5 Å². The minimum atomic E-state index is -0.180. The number of pyridine rings is 1. The number of carbonyl (C=O) groups excluding carboxylic acids is 1. The molecule has 21 heavy (non-hydrogen) atoms. The summed E-state index contributed by atoms with van der Waals surface area (Å²) in [6.07, 6.45) is 6.28. The van der Waals surface area contributed by atoms with Gasteiger partial charge in [0.2, 0.25) is 5.95 Å². The normalized spacial score (nSPS) is 13.6. The van der Waals surface area contributed by atoms with Gasteiger partial charge in [-0.05, 0) is 25.3 Å². The van der Waals surface area contributed by atoms with Crippen molar-refractivity contribution in [3.05, 3.63) is 35.4 Å². The van der Waals surface area contributed by atoms with Gasteiger partial charge in [0.15, 0.2) is 0 Å². The minimum Gasteiger partial charge on any atom is -0.323 e. The summed E-state index contributed by atoms with van der Waals surface area (Å²) in [6.45, 7) is 0. The first-order chi connectivity index (χ1) is 10.2. The van der Waals surface area contributed by atoms with Gasteiger partial charge in [-0.1, -0.05) is 0 Å². The molecule has 1 aliphatic rings. The second-order valence-electron chi connectivity index (χ2n) is 5.18. The molecule has 0 bridgehead atoms. The van der Waals surface area contributed by atoms with Crippen molar-refractivity contribution in [3.63, 3.8) is 0 Å². The van der Waals surface area contributed by atoms with E-state index < -0.39 is 0 Å².